The van der Waals surface area contributed by atoms with Gasteiger partial charge < -0.3 is 5.32 Å². The highest BCUT2D eigenvalue weighted by atomic mass is 79.9. The molecular formula is C17H14BrNO2. The first-order chi connectivity index (χ1) is 10.0. The highest BCUT2D eigenvalue weighted by Crippen LogP contribution is 2.15. The fourth-order valence-corrected chi connectivity index (χ4v) is 2.25. The fraction of sp³-hybridized carbons (Fsp3) is 0.0588. The third kappa shape index (κ3) is 4.68. The molecule has 0 aliphatic heterocycles. The monoisotopic (exact) mass is 343 g/mol. The van der Waals surface area contributed by atoms with Crippen LogP contribution >= 0.6 is 15.9 Å². The normalized spacial score (nSPS) is 10.6. The Morgan fingerprint density at radius 3 is 2.57 bits per heavy atom. The smallest absolute Gasteiger partial charge is 0.221 e. The third-order valence-electron chi connectivity index (χ3n) is 2.74. The van der Waals surface area contributed by atoms with Gasteiger partial charge in [-0.1, -0.05) is 46.3 Å². The van der Waals surface area contributed by atoms with Gasteiger partial charge in [0.05, 0.1) is 0 Å². The van der Waals surface area contributed by atoms with Crippen LogP contribution in [0.3, 0.4) is 0 Å². The van der Waals surface area contributed by atoms with Gasteiger partial charge >= 0.3 is 0 Å². The van der Waals surface area contributed by atoms with Crippen LogP contribution in [0.25, 0.3) is 6.08 Å². The molecule has 0 aliphatic carbocycles. The lowest BCUT2D eigenvalue weighted by molar-refractivity contribution is -0.114. The molecular weight excluding hydrogens is 330 g/mol. The van der Waals surface area contributed by atoms with Crippen LogP contribution in [0, 0.1) is 0 Å². The quantitative estimate of drug-likeness (QED) is 0.664. The Morgan fingerprint density at radius 2 is 1.86 bits per heavy atom. The summed E-state index contributed by atoms with van der Waals surface area (Å²) in [5.74, 6) is -0.272. The van der Waals surface area contributed by atoms with E-state index in [1.165, 1.54) is 13.0 Å². The number of amides is 1. The molecule has 0 spiro atoms. The molecule has 2 rings (SSSR count). The Labute approximate surface area is 131 Å². The van der Waals surface area contributed by atoms with Crippen molar-refractivity contribution < 1.29 is 9.59 Å². The molecule has 0 fully saturated rings. The molecule has 1 amide bonds. The second-order valence-electron chi connectivity index (χ2n) is 4.51. The van der Waals surface area contributed by atoms with Crippen molar-refractivity contribution in [3.63, 3.8) is 0 Å². The minimum Gasteiger partial charge on any atom is -0.326 e. The van der Waals surface area contributed by atoms with Gasteiger partial charge in [-0.05, 0) is 35.9 Å². The molecule has 0 saturated heterocycles. The topological polar surface area (TPSA) is 46.2 Å². The van der Waals surface area contributed by atoms with Gasteiger partial charge in [0, 0.05) is 22.6 Å². The molecule has 21 heavy (non-hydrogen) atoms. The Bertz CT molecular complexity index is 707. The van der Waals surface area contributed by atoms with Crippen molar-refractivity contribution in [1.82, 2.24) is 0 Å². The number of ketones is 1. The van der Waals surface area contributed by atoms with E-state index in [1.54, 1.807) is 30.3 Å². The van der Waals surface area contributed by atoms with Gasteiger partial charge in [-0.25, -0.2) is 0 Å². The van der Waals surface area contributed by atoms with Crippen molar-refractivity contribution in [1.29, 1.82) is 0 Å². The predicted molar refractivity (Wildman–Crippen MR) is 88.3 cm³/mol. The van der Waals surface area contributed by atoms with Crippen LogP contribution in [-0.4, -0.2) is 11.7 Å². The molecule has 2 aromatic carbocycles. The first kappa shape index (κ1) is 15.2. The number of allylic oxidation sites excluding steroid dienone is 1. The van der Waals surface area contributed by atoms with Crippen molar-refractivity contribution in [3.8, 4) is 0 Å². The van der Waals surface area contributed by atoms with Crippen LogP contribution in [0.2, 0.25) is 0 Å². The summed E-state index contributed by atoms with van der Waals surface area (Å²) < 4.78 is 0.963. The number of carbonyl (C=O) groups is 2. The fourth-order valence-electron chi connectivity index (χ4n) is 1.83. The van der Waals surface area contributed by atoms with E-state index in [-0.39, 0.29) is 11.7 Å². The molecule has 0 saturated carbocycles. The lowest BCUT2D eigenvalue weighted by Gasteiger charge is -2.03. The van der Waals surface area contributed by atoms with Gasteiger partial charge in [0.1, 0.15) is 0 Å². The van der Waals surface area contributed by atoms with Crippen molar-refractivity contribution in [2.75, 3.05) is 5.32 Å². The van der Waals surface area contributed by atoms with Gasteiger partial charge in [-0.2, -0.15) is 0 Å². The number of anilines is 1. The van der Waals surface area contributed by atoms with Gasteiger partial charge in [-0.3, -0.25) is 9.59 Å². The zero-order valence-electron chi connectivity index (χ0n) is 11.5. The van der Waals surface area contributed by atoms with Gasteiger partial charge in [-0.15, -0.1) is 0 Å². The molecule has 4 heteroatoms. The van der Waals surface area contributed by atoms with E-state index < -0.39 is 0 Å². The average Bonchev–Trinajstić information content (AvgIpc) is 2.44. The maximum atomic E-state index is 12.1. The summed E-state index contributed by atoms with van der Waals surface area (Å²) >= 11 is 3.39. The Kier molecular flexibility index (Phi) is 5.06. The van der Waals surface area contributed by atoms with Crippen molar-refractivity contribution in [2.24, 2.45) is 0 Å². The number of hydrogen-bond donors (Lipinski definition) is 1. The number of nitrogens with one attached hydrogen (secondary N) is 1. The molecule has 1 N–H and O–H groups in total. The summed E-state index contributed by atoms with van der Waals surface area (Å²) in [5.41, 5.74) is 2.09. The van der Waals surface area contributed by atoms with Crippen LogP contribution in [0.15, 0.2) is 59.1 Å². The van der Waals surface area contributed by atoms with E-state index in [9.17, 15) is 9.59 Å². The predicted octanol–water partition coefficient (Wildman–Crippen LogP) is 4.30. The molecule has 3 nitrogen and oxygen atoms in total. The lowest BCUT2D eigenvalue weighted by atomic mass is 10.1. The average molecular weight is 344 g/mol. The standard InChI is InChI=1S/C17H14BrNO2/c1-12(20)19-16-7-3-5-14(11-16)17(21)9-8-13-4-2-6-15(18)10-13/h2-11H,1H3,(H,19,20)/b9-8+. The molecule has 0 radical (unpaired) electrons. The number of benzene rings is 2. The first-order valence-corrected chi connectivity index (χ1v) is 7.19. The van der Waals surface area contributed by atoms with E-state index in [1.807, 2.05) is 24.3 Å². The highest BCUT2D eigenvalue weighted by molar-refractivity contribution is 9.10. The minimum atomic E-state index is -0.163. The maximum Gasteiger partial charge on any atom is 0.221 e. The summed E-state index contributed by atoms with van der Waals surface area (Å²) in [5, 5.41) is 2.66. The van der Waals surface area contributed by atoms with Gasteiger partial charge in [0.2, 0.25) is 5.91 Å². The van der Waals surface area contributed by atoms with Crippen LogP contribution < -0.4 is 5.32 Å². The summed E-state index contributed by atoms with van der Waals surface area (Å²) in [4.78, 5) is 23.2. The number of carbonyl (C=O) groups excluding carboxylic acids is 2. The molecule has 0 aliphatic rings. The van der Waals surface area contributed by atoms with Crippen LogP contribution in [0.1, 0.15) is 22.8 Å². The summed E-state index contributed by atoms with van der Waals surface area (Å²) in [7, 11) is 0. The summed E-state index contributed by atoms with van der Waals surface area (Å²) in [6.45, 7) is 1.43. The second kappa shape index (κ2) is 6.99. The van der Waals surface area contributed by atoms with Crippen molar-refractivity contribution in [2.45, 2.75) is 6.92 Å². The van der Waals surface area contributed by atoms with E-state index in [0.717, 1.165) is 10.0 Å². The van der Waals surface area contributed by atoms with Crippen LogP contribution in [-0.2, 0) is 4.79 Å². The Balaban J connectivity index is 2.15. The maximum absolute atomic E-state index is 12.1. The molecule has 0 unspecified atom stereocenters. The lowest BCUT2D eigenvalue weighted by Crippen LogP contribution is -2.06. The van der Waals surface area contributed by atoms with Gasteiger partial charge in [0.15, 0.2) is 5.78 Å². The number of hydrogen-bond acceptors (Lipinski definition) is 2. The zero-order valence-corrected chi connectivity index (χ0v) is 13.1. The van der Waals surface area contributed by atoms with Crippen LogP contribution in [0.5, 0.6) is 0 Å². The zero-order chi connectivity index (χ0) is 15.2. The van der Waals surface area contributed by atoms with E-state index in [4.69, 9.17) is 0 Å². The van der Waals surface area contributed by atoms with Gasteiger partial charge in [0.25, 0.3) is 0 Å². The molecule has 0 atom stereocenters. The summed E-state index contributed by atoms with van der Waals surface area (Å²) in [6.07, 6.45) is 3.28. The second-order valence-corrected chi connectivity index (χ2v) is 5.43. The first-order valence-electron chi connectivity index (χ1n) is 6.40. The largest absolute Gasteiger partial charge is 0.326 e. The third-order valence-corrected chi connectivity index (χ3v) is 3.24. The highest BCUT2D eigenvalue weighted by Gasteiger charge is 2.03. The molecule has 2 aromatic rings. The molecule has 0 bridgehead atoms. The number of rotatable bonds is 4. The number of halogens is 1. The van der Waals surface area contributed by atoms with E-state index in [2.05, 4.69) is 21.2 Å². The molecule has 106 valence electrons. The van der Waals surface area contributed by atoms with Crippen molar-refractivity contribution >= 4 is 39.4 Å². The minimum absolute atomic E-state index is 0.109. The SMILES string of the molecule is CC(=O)Nc1cccc(C(=O)/C=C/c2cccc(Br)c2)c1. The molecule has 0 heterocycles. The Morgan fingerprint density at radius 1 is 1.10 bits per heavy atom. The molecule has 0 aromatic heterocycles. The summed E-state index contributed by atoms with van der Waals surface area (Å²) in [6, 6.07) is 14.6. The van der Waals surface area contributed by atoms with Crippen LogP contribution in [0.4, 0.5) is 5.69 Å². The van der Waals surface area contributed by atoms with E-state index >= 15 is 0 Å². The van der Waals surface area contributed by atoms with E-state index in [0.29, 0.717) is 11.3 Å². The Hall–Kier alpha value is -2.20. The van der Waals surface area contributed by atoms with Crippen molar-refractivity contribution in [3.05, 3.63) is 70.2 Å².